The molecular weight excluding hydrogens is 234 g/mol. The van der Waals surface area contributed by atoms with Crippen molar-refractivity contribution in [2.45, 2.75) is 6.92 Å². The molecule has 0 bridgehead atoms. The van der Waals surface area contributed by atoms with Gasteiger partial charge in [-0.2, -0.15) is 5.26 Å². The molecule has 0 atom stereocenters. The SMILES string of the molecule is Cc1ccc(Nc2ccc(C#N)cc2F)cc1F. The Hall–Kier alpha value is -2.41. The molecule has 0 spiro atoms. The maximum Gasteiger partial charge on any atom is 0.147 e. The molecule has 90 valence electrons. The summed E-state index contributed by atoms with van der Waals surface area (Å²) in [6.45, 7) is 1.65. The summed E-state index contributed by atoms with van der Waals surface area (Å²) >= 11 is 0. The lowest BCUT2D eigenvalue weighted by molar-refractivity contribution is 0.618. The van der Waals surface area contributed by atoms with Crippen molar-refractivity contribution in [3.05, 3.63) is 59.2 Å². The van der Waals surface area contributed by atoms with Gasteiger partial charge in [0, 0.05) is 5.69 Å². The predicted molar refractivity (Wildman–Crippen MR) is 65.5 cm³/mol. The van der Waals surface area contributed by atoms with Gasteiger partial charge in [0.05, 0.1) is 17.3 Å². The van der Waals surface area contributed by atoms with Gasteiger partial charge in [0.1, 0.15) is 11.6 Å². The Morgan fingerprint density at radius 2 is 1.83 bits per heavy atom. The van der Waals surface area contributed by atoms with Crippen molar-refractivity contribution in [2.75, 3.05) is 5.32 Å². The molecule has 1 N–H and O–H groups in total. The molecule has 0 aliphatic heterocycles. The lowest BCUT2D eigenvalue weighted by Crippen LogP contribution is -1.95. The molecule has 18 heavy (non-hydrogen) atoms. The number of nitriles is 1. The largest absolute Gasteiger partial charge is 0.353 e. The van der Waals surface area contributed by atoms with Gasteiger partial charge in [0.25, 0.3) is 0 Å². The summed E-state index contributed by atoms with van der Waals surface area (Å²) < 4.78 is 26.9. The Labute approximate surface area is 103 Å². The molecule has 0 aliphatic rings. The summed E-state index contributed by atoms with van der Waals surface area (Å²) in [7, 11) is 0. The van der Waals surface area contributed by atoms with Crippen molar-refractivity contribution in [2.24, 2.45) is 0 Å². The number of aryl methyl sites for hydroxylation is 1. The minimum atomic E-state index is -0.546. The molecule has 0 aromatic heterocycles. The average molecular weight is 244 g/mol. The number of rotatable bonds is 2. The van der Waals surface area contributed by atoms with Gasteiger partial charge in [-0.05, 0) is 42.8 Å². The van der Waals surface area contributed by atoms with E-state index in [2.05, 4.69) is 5.32 Å². The molecule has 0 amide bonds. The second-order valence-electron chi connectivity index (χ2n) is 3.90. The van der Waals surface area contributed by atoms with Crippen LogP contribution in [0.1, 0.15) is 11.1 Å². The van der Waals surface area contributed by atoms with Crippen molar-refractivity contribution < 1.29 is 8.78 Å². The van der Waals surface area contributed by atoms with Crippen molar-refractivity contribution in [3.8, 4) is 6.07 Å². The number of hydrogen-bond acceptors (Lipinski definition) is 2. The van der Waals surface area contributed by atoms with Crippen molar-refractivity contribution in [3.63, 3.8) is 0 Å². The monoisotopic (exact) mass is 244 g/mol. The fourth-order valence-corrected chi connectivity index (χ4v) is 1.51. The number of benzene rings is 2. The van der Waals surface area contributed by atoms with E-state index in [9.17, 15) is 8.78 Å². The third kappa shape index (κ3) is 2.46. The zero-order chi connectivity index (χ0) is 13.1. The van der Waals surface area contributed by atoms with Crippen LogP contribution in [0.3, 0.4) is 0 Å². The lowest BCUT2D eigenvalue weighted by Gasteiger charge is -2.08. The first-order chi connectivity index (χ1) is 8.60. The van der Waals surface area contributed by atoms with Gasteiger partial charge < -0.3 is 5.32 Å². The molecule has 2 nitrogen and oxygen atoms in total. The van der Waals surface area contributed by atoms with E-state index in [1.807, 2.05) is 6.07 Å². The average Bonchev–Trinajstić information content (AvgIpc) is 2.36. The van der Waals surface area contributed by atoms with E-state index < -0.39 is 5.82 Å². The molecule has 0 unspecified atom stereocenters. The predicted octanol–water partition coefficient (Wildman–Crippen LogP) is 3.89. The number of hydrogen-bond donors (Lipinski definition) is 1. The van der Waals surface area contributed by atoms with Gasteiger partial charge in [0.2, 0.25) is 0 Å². The first-order valence-electron chi connectivity index (χ1n) is 5.33. The number of anilines is 2. The van der Waals surface area contributed by atoms with Crippen LogP contribution in [0.5, 0.6) is 0 Å². The summed E-state index contributed by atoms with van der Waals surface area (Å²) in [5.41, 5.74) is 1.44. The standard InChI is InChI=1S/C14H10F2N2/c1-9-2-4-11(7-12(9)15)18-14-5-3-10(8-17)6-13(14)16/h2-7,18H,1H3. The minimum Gasteiger partial charge on any atom is -0.353 e. The van der Waals surface area contributed by atoms with Crippen LogP contribution >= 0.6 is 0 Å². The Bertz CT molecular complexity index is 630. The van der Waals surface area contributed by atoms with Crippen LogP contribution in [-0.2, 0) is 0 Å². The van der Waals surface area contributed by atoms with E-state index in [0.29, 0.717) is 11.3 Å². The Morgan fingerprint density at radius 3 is 2.44 bits per heavy atom. The fraction of sp³-hybridized carbons (Fsp3) is 0.0714. The molecule has 0 aliphatic carbocycles. The maximum absolute atomic E-state index is 13.6. The molecule has 0 radical (unpaired) electrons. The number of nitrogens with one attached hydrogen (secondary N) is 1. The van der Waals surface area contributed by atoms with Crippen molar-refractivity contribution in [1.29, 1.82) is 5.26 Å². The Kier molecular flexibility index (Phi) is 3.24. The van der Waals surface area contributed by atoms with E-state index in [4.69, 9.17) is 5.26 Å². The van der Waals surface area contributed by atoms with Crippen LogP contribution in [0, 0.1) is 29.9 Å². The normalized spacial score (nSPS) is 9.89. The van der Waals surface area contributed by atoms with Crippen molar-refractivity contribution in [1.82, 2.24) is 0 Å². The molecule has 0 saturated carbocycles. The van der Waals surface area contributed by atoms with E-state index in [1.165, 1.54) is 18.2 Å². The fourth-order valence-electron chi connectivity index (χ4n) is 1.51. The summed E-state index contributed by atoms with van der Waals surface area (Å²) in [4.78, 5) is 0. The third-order valence-electron chi connectivity index (χ3n) is 2.55. The summed E-state index contributed by atoms with van der Waals surface area (Å²) in [6, 6.07) is 10.5. The molecule has 4 heteroatoms. The number of nitrogens with zero attached hydrogens (tertiary/aromatic N) is 1. The highest BCUT2D eigenvalue weighted by Crippen LogP contribution is 2.22. The first kappa shape index (κ1) is 12.1. The van der Waals surface area contributed by atoms with Crippen molar-refractivity contribution >= 4 is 11.4 Å². The summed E-state index contributed by atoms with van der Waals surface area (Å²) in [5, 5.41) is 11.4. The van der Waals surface area contributed by atoms with Crippen LogP contribution in [0.4, 0.5) is 20.2 Å². The van der Waals surface area contributed by atoms with Crippen LogP contribution in [0.2, 0.25) is 0 Å². The molecule has 2 aromatic rings. The molecule has 0 fully saturated rings. The van der Waals surface area contributed by atoms with Gasteiger partial charge in [-0.3, -0.25) is 0 Å². The zero-order valence-corrected chi connectivity index (χ0v) is 9.67. The highest BCUT2D eigenvalue weighted by atomic mass is 19.1. The smallest absolute Gasteiger partial charge is 0.147 e. The molecule has 2 aromatic carbocycles. The second kappa shape index (κ2) is 4.84. The Balaban J connectivity index is 2.29. The van der Waals surface area contributed by atoms with Gasteiger partial charge in [0.15, 0.2) is 0 Å². The molecule has 0 heterocycles. The van der Waals surface area contributed by atoms with Crippen LogP contribution in [0.25, 0.3) is 0 Å². The topological polar surface area (TPSA) is 35.8 Å². The van der Waals surface area contributed by atoms with Crippen LogP contribution < -0.4 is 5.32 Å². The lowest BCUT2D eigenvalue weighted by atomic mass is 10.2. The van der Waals surface area contributed by atoms with E-state index >= 15 is 0 Å². The van der Waals surface area contributed by atoms with E-state index in [0.717, 1.165) is 6.07 Å². The molecule has 2 rings (SSSR count). The second-order valence-corrected chi connectivity index (χ2v) is 3.90. The van der Waals surface area contributed by atoms with E-state index in [-0.39, 0.29) is 17.1 Å². The van der Waals surface area contributed by atoms with Gasteiger partial charge in [-0.25, -0.2) is 8.78 Å². The quantitative estimate of drug-likeness (QED) is 0.869. The zero-order valence-electron chi connectivity index (χ0n) is 9.67. The molecular formula is C14H10F2N2. The third-order valence-corrected chi connectivity index (χ3v) is 2.55. The van der Waals surface area contributed by atoms with Gasteiger partial charge >= 0.3 is 0 Å². The summed E-state index contributed by atoms with van der Waals surface area (Å²) in [6.07, 6.45) is 0. The first-order valence-corrected chi connectivity index (χ1v) is 5.33. The minimum absolute atomic E-state index is 0.206. The summed E-state index contributed by atoms with van der Waals surface area (Å²) in [5.74, 6) is -0.899. The van der Waals surface area contributed by atoms with E-state index in [1.54, 1.807) is 19.1 Å². The number of halogens is 2. The van der Waals surface area contributed by atoms with Crippen LogP contribution in [0.15, 0.2) is 36.4 Å². The highest BCUT2D eigenvalue weighted by Gasteiger charge is 2.05. The Morgan fingerprint density at radius 1 is 1.06 bits per heavy atom. The van der Waals surface area contributed by atoms with Crippen LogP contribution in [-0.4, -0.2) is 0 Å². The maximum atomic E-state index is 13.6. The highest BCUT2D eigenvalue weighted by molar-refractivity contribution is 5.61. The van der Waals surface area contributed by atoms with Gasteiger partial charge in [-0.1, -0.05) is 6.07 Å². The molecule has 0 saturated heterocycles. The van der Waals surface area contributed by atoms with Gasteiger partial charge in [-0.15, -0.1) is 0 Å².